The molecule has 124 valence electrons. The third kappa shape index (κ3) is 4.02. The molecule has 1 aromatic carbocycles. The standard InChI is InChI=1S/C14H17N3O6/c1-5-15(8-9(2)3)13-11(16(19)20)6-10(14(18)23-4)7-12(13)17(21)22/h6-7H,2,5,8H2,1,3-4H3. The fraction of sp³-hybridized carbons (Fsp3) is 0.357. The van der Waals surface area contributed by atoms with Gasteiger partial charge in [0.05, 0.1) is 22.5 Å². The molecule has 9 heteroatoms. The van der Waals surface area contributed by atoms with E-state index in [-0.39, 0.29) is 17.8 Å². The molecule has 1 rings (SSSR count). The molecule has 9 nitrogen and oxygen atoms in total. The number of nitrogens with zero attached hydrogens (tertiary/aromatic N) is 3. The van der Waals surface area contributed by atoms with Crippen LogP contribution in [-0.4, -0.2) is 36.0 Å². The first-order chi connectivity index (χ1) is 10.7. The second kappa shape index (κ2) is 7.34. The number of methoxy groups -OCH3 is 1. The van der Waals surface area contributed by atoms with Gasteiger partial charge < -0.3 is 9.64 Å². The molecule has 0 radical (unpaired) electrons. The lowest BCUT2D eigenvalue weighted by Crippen LogP contribution is -2.26. The Hall–Kier alpha value is -2.97. The van der Waals surface area contributed by atoms with Crippen LogP contribution in [0.2, 0.25) is 0 Å². The molecule has 0 unspecified atom stereocenters. The van der Waals surface area contributed by atoms with Crippen LogP contribution in [0.1, 0.15) is 24.2 Å². The highest BCUT2D eigenvalue weighted by Crippen LogP contribution is 2.39. The van der Waals surface area contributed by atoms with E-state index in [2.05, 4.69) is 11.3 Å². The van der Waals surface area contributed by atoms with E-state index in [1.165, 1.54) is 4.90 Å². The number of carbonyl (C=O) groups is 1. The van der Waals surface area contributed by atoms with Gasteiger partial charge in [-0.1, -0.05) is 12.2 Å². The summed E-state index contributed by atoms with van der Waals surface area (Å²) in [6.45, 7) is 7.66. The molecule has 1 aromatic rings. The van der Waals surface area contributed by atoms with Crippen molar-refractivity contribution in [1.82, 2.24) is 0 Å². The van der Waals surface area contributed by atoms with Crippen molar-refractivity contribution < 1.29 is 19.4 Å². The van der Waals surface area contributed by atoms with Crippen molar-refractivity contribution in [3.63, 3.8) is 0 Å². The monoisotopic (exact) mass is 323 g/mol. The molecule has 0 atom stereocenters. The second-order valence-corrected chi connectivity index (χ2v) is 4.84. The van der Waals surface area contributed by atoms with Gasteiger partial charge in [0.15, 0.2) is 5.69 Å². The maximum atomic E-state index is 11.6. The maximum absolute atomic E-state index is 11.6. The minimum Gasteiger partial charge on any atom is -0.465 e. The van der Waals surface area contributed by atoms with Gasteiger partial charge in [-0.15, -0.1) is 0 Å². The first-order valence-electron chi connectivity index (χ1n) is 6.67. The summed E-state index contributed by atoms with van der Waals surface area (Å²) in [7, 11) is 1.09. The minimum absolute atomic E-state index is 0.154. The Morgan fingerprint density at radius 2 is 1.74 bits per heavy atom. The fourth-order valence-electron chi connectivity index (χ4n) is 2.12. The Kier molecular flexibility index (Phi) is 5.77. The maximum Gasteiger partial charge on any atom is 0.338 e. The van der Waals surface area contributed by atoms with Crippen LogP contribution >= 0.6 is 0 Å². The molecule has 23 heavy (non-hydrogen) atoms. The highest BCUT2D eigenvalue weighted by molar-refractivity contribution is 5.94. The Morgan fingerprint density at radius 3 is 2.04 bits per heavy atom. The zero-order chi connectivity index (χ0) is 17.7. The SMILES string of the molecule is C=C(C)CN(CC)c1c([N+](=O)[O-])cc(C(=O)OC)cc1[N+](=O)[O-]. The number of nitro groups is 2. The Balaban J connectivity index is 3.70. The van der Waals surface area contributed by atoms with E-state index >= 15 is 0 Å². The molecule has 0 aliphatic carbocycles. The predicted molar refractivity (Wildman–Crippen MR) is 83.8 cm³/mol. The third-order valence-corrected chi connectivity index (χ3v) is 3.04. The van der Waals surface area contributed by atoms with Crippen LogP contribution in [0.4, 0.5) is 17.1 Å². The summed E-state index contributed by atoms with van der Waals surface area (Å²) in [5, 5.41) is 22.7. The molecule has 0 N–H and O–H groups in total. The molecule has 0 heterocycles. The molecule has 0 aliphatic heterocycles. The average Bonchev–Trinajstić information content (AvgIpc) is 2.50. The topological polar surface area (TPSA) is 116 Å². The van der Waals surface area contributed by atoms with Crippen molar-refractivity contribution in [3.05, 3.63) is 50.1 Å². The summed E-state index contributed by atoms with van der Waals surface area (Å²) < 4.78 is 4.49. The van der Waals surface area contributed by atoms with Crippen LogP contribution in [0.3, 0.4) is 0 Å². The zero-order valence-electron chi connectivity index (χ0n) is 13.1. The molecular formula is C14H17N3O6. The van der Waals surface area contributed by atoms with Gasteiger partial charge in [-0.05, 0) is 13.8 Å². The van der Waals surface area contributed by atoms with Gasteiger partial charge >= 0.3 is 17.3 Å². The summed E-state index contributed by atoms with van der Waals surface area (Å²) in [6, 6.07) is 1.96. The largest absolute Gasteiger partial charge is 0.465 e. The number of benzene rings is 1. The summed E-state index contributed by atoms with van der Waals surface area (Å²) in [5.41, 5.74) is -0.767. The first kappa shape index (κ1) is 18.1. The molecular weight excluding hydrogens is 306 g/mol. The number of hydrogen-bond donors (Lipinski definition) is 0. The van der Waals surface area contributed by atoms with Crippen molar-refractivity contribution in [2.24, 2.45) is 0 Å². The van der Waals surface area contributed by atoms with Gasteiger partial charge in [-0.2, -0.15) is 0 Å². The van der Waals surface area contributed by atoms with Gasteiger partial charge in [0.25, 0.3) is 0 Å². The number of esters is 1. The van der Waals surface area contributed by atoms with Gasteiger partial charge in [0, 0.05) is 25.2 Å². The molecule has 0 bridgehead atoms. The number of carbonyl (C=O) groups excluding carboxylic acids is 1. The summed E-state index contributed by atoms with van der Waals surface area (Å²) >= 11 is 0. The van der Waals surface area contributed by atoms with Crippen molar-refractivity contribution in [3.8, 4) is 0 Å². The lowest BCUT2D eigenvalue weighted by atomic mass is 10.1. The molecule has 0 aromatic heterocycles. The fourth-order valence-corrected chi connectivity index (χ4v) is 2.12. The number of anilines is 1. The van der Waals surface area contributed by atoms with Crippen molar-refractivity contribution in [1.29, 1.82) is 0 Å². The van der Waals surface area contributed by atoms with Crippen LogP contribution in [-0.2, 0) is 4.74 Å². The second-order valence-electron chi connectivity index (χ2n) is 4.84. The number of nitro benzene ring substituents is 2. The first-order valence-corrected chi connectivity index (χ1v) is 6.67. The molecule has 0 fully saturated rings. The van der Waals surface area contributed by atoms with Crippen LogP contribution in [0.25, 0.3) is 0 Å². The molecule has 0 saturated carbocycles. The van der Waals surface area contributed by atoms with E-state index in [1.54, 1.807) is 13.8 Å². The van der Waals surface area contributed by atoms with Crippen LogP contribution in [0.15, 0.2) is 24.3 Å². The smallest absolute Gasteiger partial charge is 0.338 e. The predicted octanol–water partition coefficient (Wildman–Crippen LogP) is 2.69. The molecule has 0 amide bonds. The van der Waals surface area contributed by atoms with Crippen LogP contribution in [0.5, 0.6) is 0 Å². The van der Waals surface area contributed by atoms with E-state index in [0.717, 1.165) is 19.2 Å². The average molecular weight is 323 g/mol. The van der Waals surface area contributed by atoms with Crippen molar-refractivity contribution in [2.45, 2.75) is 13.8 Å². The van der Waals surface area contributed by atoms with Gasteiger partial charge in [-0.25, -0.2) is 4.79 Å². The lowest BCUT2D eigenvalue weighted by molar-refractivity contribution is -0.392. The highest BCUT2D eigenvalue weighted by Gasteiger charge is 2.32. The highest BCUT2D eigenvalue weighted by atomic mass is 16.6. The normalized spacial score (nSPS) is 10.0. The molecule has 0 spiro atoms. The van der Waals surface area contributed by atoms with E-state index < -0.39 is 27.2 Å². The Bertz CT molecular complexity index is 635. The van der Waals surface area contributed by atoms with E-state index in [4.69, 9.17) is 0 Å². The molecule has 0 saturated heterocycles. The van der Waals surface area contributed by atoms with E-state index in [1.807, 2.05) is 0 Å². The van der Waals surface area contributed by atoms with Crippen molar-refractivity contribution >= 4 is 23.0 Å². The summed E-state index contributed by atoms with van der Waals surface area (Å²) in [5.74, 6) is -0.884. The number of ether oxygens (including phenoxy) is 1. The minimum atomic E-state index is -0.884. The van der Waals surface area contributed by atoms with Gasteiger partial charge in [-0.3, -0.25) is 20.2 Å². The van der Waals surface area contributed by atoms with Crippen LogP contribution < -0.4 is 4.90 Å². The van der Waals surface area contributed by atoms with Crippen molar-refractivity contribution in [2.75, 3.05) is 25.1 Å². The summed E-state index contributed by atoms with van der Waals surface area (Å²) in [4.78, 5) is 34.3. The lowest BCUT2D eigenvalue weighted by Gasteiger charge is -2.22. The number of rotatable bonds is 7. The Morgan fingerprint density at radius 1 is 1.26 bits per heavy atom. The van der Waals surface area contributed by atoms with E-state index in [0.29, 0.717) is 12.1 Å². The van der Waals surface area contributed by atoms with E-state index in [9.17, 15) is 25.0 Å². The quantitative estimate of drug-likeness (QED) is 0.328. The number of hydrogen-bond acceptors (Lipinski definition) is 7. The van der Waals surface area contributed by atoms with Gasteiger partial charge in [0.2, 0.25) is 0 Å². The van der Waals surface area contributed by atoms with Crippen LogP contribution in [0, 0.1) is 20.2 Å². The van der Waals surface area contributed by atoms with Gasteiger partial charge in [0.1, 0.15) is 0 Å². The number of likely N-dealkylation sites (N-methyl/N-ethyl adjacent to an activating group) is 1. The zero-order valence-corrected chi connectivity index (χ0v) is 13.1. The third-order valence-electron chi connectivity index (χ3n) is 3.04. The Labute approximate surface area is 132 Å². The molecule has 0 aliphatic rings. The summed E-state index contributed by atoms with van der Waals surface area (Å²) in [6.07, 6.45) is 0.